The highest BCUT2D eigenvalue weighted by molar-refractivity contribution is 6.31. The molecule has 4 rings (SSSR count). The molecule has 0 aliphatic heterocycles. The maximum atomic E-state index is 13.1. The Morgan fingerprint density at radius 1 is 1.14 bits per heavy atom. The molecule has 0 bridgehead atoms. The van der Waals surface area contributed by atoms with E-state index in [-0.39, 0.29) is 24.9 Å². The van der Waals surface area contributed by atoms with Crippen LogP contribution in [0.15, 0.2) is 36.4 Å². The van der Waals surface area contributed by atoms with Crippen LogP contribution in [0.25, 0.3) is 10.9 Å². The number of hydrogen-bond donors (Lipinski definition) is 6. The van der Waals surface area contributed by atoms with E-state index in [0.29, 0.717) is 24.8 Å². The van der Waals surface area contributed by atoms with Gasteiger partial charge in [0.05, 0.1) is 29.8 Å². The highest BCUT2D eigenvalue weighted by Gasteiger charge is 2.33. The number of anilines is 1. The van der Waals surface area contributed by atoms with Gasteiger partial charge in [-0.1, -0.05) is 17.7 Å². The molecule has 192 valence electrons. The minimum Gasteiger partial charge on any atom is -0.394 e. The average Bonchev–Trinajstić information content (AvgIpc) is 3.20. The standard InChI is InChI=1S/C24H24ClF3N4O4/c25-19-5-2-14(9-18(19)24(26,27)28)31-23(36)30-13-3-6-20-17(8-13)16-4-1-12(7-21(16)32-20)22(35)29-15(10-33)11-34/h1-2,4-5,7,9,13,15,32-34H,3,6,8,10-11H2,(H,29,35)(H2,30,31,36). The van der Waals surface area contributed by atoms with Gasteiger partial charge in [-0.25, -0.2) is 4.79 Å². The molecular weight excluding hydrogens is 501 g/mol. The number of fused-ring (bicyclic) bond motifs is 3. The van der Waals surface area contributed by atoms with Gasteiger partial charge in [-0.3, -0.25) is 4.79 Å². The molecule has 12 heteroatoms. The number of halogens is 4. The second-order valence-corrected chi connectivity index (χ2v) is 9.02. The highest BCUT2D eigenvalue weighted by atomic mass is 35.5. The fourth-order valence-corrected chi connectivity index (χ4v) is 4.50. The monoisotopic (exact) mass is 524 g/mol. The van der Waals surface area contributed by atoms with Gasteiger partial charge in [0.2, 0.25) is 0 Å². The summed E-state index contributed by atoms with van der Waals surface area (Å²) < 4.78 is 39.2. The van der Waals surface area contributed by atoms with Crippen LogP contribution < -0.4 is 16.0 Å². The van der Waals surface area contributed by atoms with E-state index in [4.69, 9.17) is 21.8 Å². The number of aliphatic hydroxyl groups excluding tert-OH is 2. The topological polar surface area (TPSA) is 126 Å². The molecule has 1 aliphatic carbocycles. The summed E-state index contributed by atoms with van der Waals surface area (Å²) in [5.41, 5.74) is 2.02. The van der Waals surface area contributed by atoms with Crippen LogP contribution >= 0.6 is 11.6 Å². The molecule has 0 radical (unpaired) electrons. The molecule has 0 spiro atoms. The first-order valence-electron chi connectivity index (χ1n) is 11.2. The van der Waals surface area contributed by atoms with Crippen LogP contribution in [0.1, 0.15) is 33.6 Å². The first kappa shape index (κ1) is 25.8. The summed E-state index contributed by atoms with van der Waals surface area (Å²) >= 11 is 5.63. The molecule has 1 heterocycles. The van der Waals surface area contributed by atoms with E-state index in [1.165, 1.54) is 6.07 Å². The molecule has 2 aromatic carbocycles. The van der Waals surface area contributed by atoms with E-state index in [1.54, 1.807) is 18.2 Å². The van der Waals surface area contributed by atoms with Crippen molar-refractivity contribution in [2.24, 2.45) is 0 Å². The molecule has 0 fully saturated rings. The Bertz CT molecular complexity index is 1290. The molecule has 6 N–H and O–H groups in total. The number of aromatic nitrogens is 1. The number of urea groups is 1. The van der Waals surface area contributed by atoms with Crippen LogP contribution in [0.4, 0.5) is 23.7 Å². The summed E-state index contributed by atoms with van der Waals surface area (Å²) in [5, 5.41) is 26.6. The predicted octanol–water partition coefficient (Wildman–Crippen LogP) is 3.60. The van der Waals surface area contributed by atoms with Crippen molar-refractivity contribution in [2.45, 2.75) is 37.5 Å². The Balaban J connectivity index is 1.44. The third-order valence-electron chi connectivity index (χ3n) is 6.09. The summed E-state index contributed by atoms with van der Waals surface area (Å²) in [7, 11) is 0. The second kappa shape index (κ2) is 10.4. The third-order valence-corrected chi connectivity index (χ3v) is 6.42. The highest BCUT2D eigenvalue weighted by Crippen LogP contribution is 2.36. The van der Waals surface area contributed by atoms with E-state index in [9.17, 15) is 22.8 Å². The van der Waals surface area contributed by atoms with Crippen molar-refractivity contribution in [2.75, 3.05) is 18.5 Å². The molecular formula is C24H24ClF3N4O4. The van der Waals surface area contributed by atoms with Crippen molar-refractivity contribution in [1.29, 1.82) is 0 Å². The van der Waals surface area contributed by atoms with E-state index in [1.807, 2.05) is 0 Å². The minimum absolute atomic E-state index is 0.0248. The number of benzene rings is 2. The molecule has 1 aromatic heterocycles. The smallest absolute Gasteiger partial charge is 0.394 e. The van der Waals surface area contributed by atoms with Gasteiger partial charge in [-0.05, 0) is 55.2 Å². The Labute approximate surface area is 208 Å². The van der Waals surface area contributed by atoms with Crippen LogP contribution in [-0.2, 0) is 19.0 Å². The quantitative estimate of drug-likeness (QED) is 0.294. The van der Waals surface area contributed by atoms with Crippen molar-refractivity contribution in [3.8, 4) is 0 Å². The molecule has 3 aromatic rings. The van der Waals surface area contributed by atoms with Crippen LogP contribution in [0, 0.1) is 0 Å². The molecule has 36 heavy (non-hydrogen) atoms. The molecule has 8 nitrogen and oxygen atoms in total. The summed E-state index contributed by atoms with van der Waals surface area (Å²) in [4.78, 5) is 28.2. The van der Waals surface area contributed by atoms with E-state index in [0.717, 1.165) is 34.3 Å². The Morgan fingerprint density at radius 2 is 1.89 bits per heavy atom. The van der Waals surface area contributed by atoms with Gasteiger partial charge in [0.25, 0.3) is 5.91 Å². The Hall–Kier alpha value is -3.28. The molecule has 1 aliphatic rings. The lowest BCUT2D eigenvalue weighted by atomic mass is 9.91. The lowest BCUT2D eigenvalue weighted by Crippen LogP contribution is -2.41. The van der Waals surface area contributed by atoms with Gasteiger partial charge < -0.3 is 31.1 Å². The van der Waals surface area contributed by atoms with Gasteiger partial charge >= 0.3 is 12.2 Å². The van der Waals surface area contributed by atoms with Crippen molar-refractivity contribution >= 4 is 40.1 Å². The zero-order chi connectivity index (χ0) is 26.0. The number of carbonyl (C=O) groups excluding carboxylic acids is 2. The molecule has 1 unspecified atom stereocenters. The molecule has 3 amide bonds. The predicted molar refractivity (Wildman–Crippen MR) is 128 cm³/mol. The zero-order valence-electron chi connectivity index (χ0n) is 18.9. The number of aliphatic hydroxyl groups is 2. The van der Waals surface area contributed by atoms with Crippen LogP contribution in [0.2, 0.25) is 5.02 Å². The largest absolute Gasteiger partial charge is 0.417 e. The average molecular weight is 525 g/mol. The van der Waals surface area contributed by atoms with Crippen LogP contribution in [-0.4, -0.2) is 52.4 Å². The number of amides is 3. The lowest BCUT2D eigenvalue weighted by Gasteiger charge is -2.24. The van der Waals surface area contributed by atoms with E-state index in [2.05, 4.69) is 20.9 Å². The summed E-state index contributed by atoms with van der Waals surface area (Å²) in [6, 6.07) is 6.66. The van der Waals surface area contributed by atoms with E-state index < -0.39 is 34.7 Å². The van der Waals surface area contributed by atoms with E-state index >= 15 is 0 Å². The van der Waals surface area contributed by atoms with Crippen molar-refractivity contribution in [3.63, 3.8) is 0 Å². The number of rotatable bonds is 6. The number of hydrogen-bond acceptors (Lipinski definition) is 4. The Kier molecular flexibility index (Phi) is 7.43. The third kappa shape index (κ3) is 5.58. The molecule has 1 atom stereocenters. The Morgan fingerprint density at radius 3 is 2.58 bits per heavy atom. The summed E-state index contributed by atoms with van der Waals surface area (Å²) in [6.45, 7) is -0.768. The second-order valence-electron chi connectivity index (χ2n) is 8.61. The van der Waals surface area contributed by atoms with Gasteiger partial charge in [-0.2, -0.15) is 13.2 Å². The van der Waals surface area contributed by atoms with Gasteiger partial charge in [-0.15, -0.1) is 0 Å². The maximum Gasteiger partial charge on any atom is 0.417 e. The number of aryl methyl sites for hydroxylation is 1. The fraction of sp³-hybridized carbons (Fsp3) is 0.333. The molecule has 0 saturated carbocycles. The minimum atomic E-state index is -4.64. The van der Waals surface area contributed by atoms with Crippen molar-refractivity contribution in [1.82, 2.24) is 15.6 Å². The summed E-state index contributed by atoms with van der Waals surface area (Å²) in [6.07, 6.45) is -2.89. The van der Waals surface area contributed by atoms with Crippen molar-refractivity contribution in [3.05, 3.63) is 63.8 Å². The van der Waals surface area contributed by atoms with Gasteiger partial charge in [0.1, 0.15) is 0 Å². The summed E-state index contributed by atoms with van der Waals surface area (Å²) in [5.74, 6) is -0.426. The maximum absolute atomic E-state index is 13.1. The first-order chi connectivity index (χ1) is 17.1. The zero-order valence-corrected chi connectivity index (χ0v) is 19.6. The van der Waals surface area contributed by atoms with Crippen LogP contribution in [0.3, 0.4) is 0 Å². The van der Waals surface area contributed by atoms with Crippen LogP contribution in [0.5, 0.6) is 0 Å². The van der Waals surface area contributed by atoms with Gasteiger partial charge in [0, 0.05) is 33.9 Å². The number of aromatic amines is 1. The van der Waals surface area contributed by atoms with Gasteiger partial charge in [0.15, 0.2) is 0 Å². The number of alkyl halides is 3. The first-order valence-corrected chi connectivity index (χ1v) is 11.6. The molecule has 0 saturated heterocycles. The fourth-order valence-electron chi connectivity index (χ4n) is 4.28. The lowest BCUT2D eigenvalue weighted by molar-refractivity contribution is -0.137. The van der Waals surface area contributed by atoms with Crippen molar-refractivity contribution < 1.29 is 33.0 Å². The number of carbonyl (C=O) groups is 2. The number of nitrogens with one attached hydrogen (secondary N) is 4. The number of H-pyrrole nitrogens is 1. The normalized spacial score (nSPS) is 15.6. The SMILES string of the molecule is O=C(Nc1ccc(Cl)c(C(F)(F)F)c1)NC1CCc2[nH]c3cc(C(=O)NC(CO)CO)ccc3c2C1.